The van der Waals surface area contributed by atoms with E-state index < -0.39 is 0 Å². The molecule has 0 unspecified atom stereocenters. The van der Waals surface area contributed by atoms with Crippen molar-refractivity contribution in [3.63, 3.8) is 0 Å². The smallest absolute Gasteiger partial charge is 0.325 e. The molecular weight excluding hydrogens is 232 g/mol. The number of amides is 2. The fourth-order valence-corrected chi connectivity index (χ4v) is 1.96. The van der Waals surface area contributed by atoms with E-state index >= 15 is 0 Å². The molecule has 3 nitrogen and oxygen atoms in total. The van der Waals surface area contributed by atoms with Gasteiger partial charge in [0.15, 0.2) is 0 Å². The van der Waals surface area contributed by atoms with Crippen molar-refractivity contribution in [2.75, 3.05) is 6.54 Å². The minimum atomic E-state index is -0.115. The van der Waals surface area contributed by atoms with E-state index in [-0.39, 0.29) is 6.03 Å². The molecule has 0 fully saturated rings. The number of carbonyl (C=O) groups excluding carboxylic acids is 1. The van der Waals surface area contributed by atoms with Crippen LogP contribution in [-0.2, 0) is 0 Å². The Kier molecular flexibility index (Phi) is 7.30. The lowest BCUT2D eigenvalue weighted by Gasteiger charge is -2.06. The van der Waals surface area contributed by atoms with E-state index in [1.165, 1.54) is 31.2 Å². The van der Waals surface area contributed by atoms with Crippen LogP contribution in [0.25, 0.3) is 0 Å². The van der Waals surface area contributed by atoms with Crippen LogP contribution < -0.4 is 10.0 Å². The zero-order valence-electron chi connectivity index (χ0n) is 10.2. The van der Waals surface area contributed by atoms with Crippen molar-refractivity contribution in [3.8, 4) is 0 Å². The first-order valence-electron chi connectivity index (χ1n) is 6.08. The molecule has 0 aliphatic carbocycles. The molecule has 0 atom stereocenters. The summed E-state index contributed by atoms with van der Waals surface area (Å²) in [4.78, 5) is 12.4. The predicted octanol–water partition coefficient (Wildman–Crippen LogP) is 3.57. The number of hydrogen-bond donors (Lipinski definition) is 2. The predicted molar refractivity (Wildman–Crippen MR) is 73.0 cm³/mol. The van der Waals surface area contributed by atoms with Crippen LogP contribution in [0.5, 0.6) is 0 Å². The van der Waals surface area contributed by atoms with Crippen molar-refractivity contribution in [1.82, 2.24) is 10.0 Å². The summed E-state index contributed by atoms with van der Waals surface area (Å²) in [6.45, 7) is 2.93. The first kappa shape index (κ1) is 13.9. The molecule has 0 radical (unpaired) electrons. The highest BCUT2D eigenvalue weighted by Gasteiger charge is 1.99. The average Bonchev–Trinajstić information content (AvgIpc) is 2.37. The summed E-state index contributed by atoms with van der Waals surface area (Å²) in [6.07, 6.45) is 4.69. The fourth-order valence-electron chi connectivity index (χ4n) is 1.38. The van der Waals surface area contributed by atoms with E-state index in [9.17, 15) is 4.79 Å². The van der Waals surface area contributed by atoms with Crippen LogP contribution in [0.1, 0.15) is 32.6 Å². The molecule has 94 valence electrons. The third-order valence-corrected chi connectivity index (χ3v) is 3.12. The Labute approximate surface area is 108 Å². The highest BCUT2D eigenvalue weighted by molar-refractivity contribution is 7.98. The number of unbranched alkanes of at least 4 members (excludes halogenated alkanes) is 3. The summed E-state index contributed by atoms with van der Waals surface area (Å²) in [6, 6.07) is 9.67. The third kappa shape index (κ3) is 6.89. The molecule has 0 saturated heterocycles. The number of urea groups is 1. The van der Waals surface area contributed by atoms with Crippen LogP contribution in [0.15, 0.2) is 35.2 Å². The Hall–Kier alpha value is -1.16. The topological polar surface area (TPSA) is 41.1 Å². The molecule has 0 aliphatic rings. The lowest BCUT2D eigenvalue weighted by molar-refractivity contribution is 0.246. The van der Waals surface area contributed by atoms with Gasteiger partial charge in [-0.2, -0.15) is 0 Å². The molecule has 17 heavy (non-hydrogen) atoms. The van der Waals surface area contributed by atoms with Crippen molar-refractivity contribution in [2.24, 2.45) is 0 Å². The second-order valence-electron chi connectivity index (χ2n) is 3.83. The molecule has 1 aromatic rings. The first-order valence-corrected chi connectivity index (χ1v) is 6.90. The van der Waals surface area contributed by atoms with Gasteiger partial charge in [-0.3, -0.25) is 4.72 Å². The first-order chi connectivity index (χ1) is 8.33. The highest BCUT2D eigenvalue weighted by Crippen LogP contribution is 2.12. The number of nitrogens with one attached hydrogen (secondary N) is 2. The Bertz CT molecular complexity index is 316. The van der Waals surface area contributed by atoms with Crippen LogP contribution >= 0.6 is 11.9 Å². The zero-order valence-corrected chi connectivity index (χ0v) is 11.1. The van der Waals surface area contributed by atoms with Crippen LogP contribution in [-0.4, -0.2) is 12.6 Å². The average molecular weight is 252 g/mol. The van der Waals surface area contributed by atoms with Gasteiger partial charge < -0.3 is 5.32 Å². The van der Waals surface area contributed by atoms with Crippen molar-refractivity contribution >= 4 is 18.0 Å². The van der Waals surface area contributed by atoms with Gasteiger partial charge in [-0.15, -0.1) is 0 Å². The van der Waals surface area contributed by atoms with Gasteiger partial charge in [0.2, 0.25) is 0 Å². The Morgan fingerprint density at radius 1 is 1.18 bits per heavy atom. The summed E-state index contributed by atoms with van der Waals surface area (Å²) in [7, 11) is 0. The van der Waals surface area contributed by atoms with Gasteiger partial charge in [0.05, 0.1) is 0 Å². The van der Waals surface area contributed by atoms with E-state index in [1.807, 2.05) is 30.3 Å². The SMILES string of the molecule is CCCCCCNC(=O)NSc1ccccc1. The molecule has 1 aromatic carbocycles. The normalized spacial score (nSPS) is 9.94. The van der Waals surface area contributed by atoms with E-state index in [2.05, 4.69) is 17.0 Å². The summed E-state index contributed by atoms with van der Waals surface area (Å²) in [5.74, 6) is 0. The lowest BCUT2D eigenvalue weighted by Crippen LogP contribution is -2.31. The van der Waals surface area contributed by atoms with E-state index in [0.29, 0.717) is 0 Å². The molecular formula is C13H20N2OS. The minimum Gasteiger partial charge on any atom is -0.337 e. The van der Waals surface area contributed by atoms with Crippen LogP contribution in [0, 0.1) is 0 Å². The van der Waals surface area contributed by atoms with Gasteiger partial charge in [0.25, 0.3) is 0 Å². The highest BCUT2D eigenvalue weighted by atomic mass is 32.2. The second kappa shape index (κ2) is 8.93. The molecule has 1 rings (SSSR count). The van der Waals surface area contributed by atoms with Gasteiger partial charge >= 0.3 is 6.03 Å². The molecule has 0 saturated carbocycles. The molecule has 4 heteroatoms. The Balaban J connectivity index is 2.05. The number of hydrogen-bond acceptors (Lipinski definition) is 2. The maximum absolute atomic E-state index is 11.4. The summed E-state index contributed by atoms with van der Waals surface area (Å²) < 4.78 is 2.76. The molecule has 2 amide bonds. The standard InChI is InChI=1S/C13H20N2OS/c1-2-3-4-8-11-14-13(16)15-17-12-9-6-5-7-10-12/h5-7,9-10H,2-4,8,11H2,1H3,(H2,14,15,16). The molecule has 0 heterocycles. The van der Waals surface area contributed by atoms with Gasteiger partial charge in [-0.25, -0.2) is 4.79 Å². The monoisotopic (exact) mass is 252 g/mol. The molecule has 0 spiro atoms. The van der Waals surface area contributed by atoms with Crippen LogP contribution in [0.4, 0.5) is 4.79 Å². The summed E-state index contributed by atoms with van der Waals surface area (Å²) >= 11 is 1.33. The van der Waals surface area contributed by atoms with Crippen LogP contribution in [0.2, 0.25) is 0 Å². The lowest BCUT2D eigenvalue weighted by atomic mass is 10.2. The Morgan fingerprint density at radius 2 is 1.94 bits per heavy atom. The fraction of sp³-hybridized carbons (Fsp3) is 0.462. The zero-order chi connectivity index (χ0) is 12.3. The number of rotatable bonds is 7. The van der Waals surface area contributed by atoms with E-state index in [1.54, 1.807) is 0 Å². The third-order valence-electron chi connectivity index (χ3n) is 2.32. The maximum atomic E-state index is 11.4. The number of carbonyl (C=O) groups is 1. The quantitative estimate of drug-likeness (QED) is 0.575. The number of benzene rings is 1. The van der Waals surface area contributed by atoms with Crippen molar-refractivity contribution in [2.45, 2.75) is 37.5 Å². The maximum Gasteiger partial charge on any atom is 0.325 e. The largest absolute Gasteiger partial charge is 0.337 e. The van der Waals surface area contributed by atoms with Gasteiger partial charge in [0.1, 0.15) is 0 Å². The Morgan fingerprint density at radius 3 is 2.65 bits per heavy atom. The van der Waals surface area contributed by atoms with Gasteiger partial charge in [-0.05, 0) is 30.5 Å². The van der Waals surface area contributed by atoms with E-state index in [4.69, 9.17) is 0 Å². The molecule has 0 aliphatic heterocycles. The molecule has 0 bridgehead atoms. The van der Waals surface area contributed by atoms with Crippen molar-refractivity contribution in [1.29, 1.82) is 0 Å². The van der Waals surface area contributed by atoms with Gasteiger partial charge in [0, 0.05) is 11.4 Å². The van der Waals surface area contributed by atoms with Crippen LogP contribution in [0.3, 0.4) is 0 Å². The summed E-state index contributed by atoms with van der Waals surface area (Å²) in [5.41, 5.74) is 0. The molecule has 2 N–H and O–H groups in total. The van der Waals surface area contributed by atoms with Crippen molar-refractivity contribution < 1.29 is 4.79 Å². The molecule has 0 aromatic heterocycles. The van der Waals surface area contributed by atoms with E-state index in [0.717, 1.165) is 17.9 Å². The van der Waals surface area contributed by atoms with Crippen molar-refractivity contribution in [3.05, 3.63) is 30.3 Å². The second-order valence-corrected chi connectivity index (χ2v) is 4.71. The summed E-state index contributed by atoms with van der Waals surface area (Å²) in [5, 5.41) is 2.84. The minimum absolute atomic E-state index is 0.115. The van der Waals surface area contributed by atoms with Gasteiger partial charge in [-0.1, -0.05) is 44.4 Å².